The standard InChI is InChI=1S/C18H22ClNO2.ClH/c1-15-3-7-17(8-4-15)21-13-2-11-20-12-14-22-18-9-5-16(19)6-10-18;/h3-10,20H,2,11-14H2,1H3;1H. The van der Waals surface area contributed by atoms with Crippen LogP contribution in [0.2, 0.25) is 5.02 Å². The lowest BCUT2D eigenvalue weighted by molar-refractivity contribution is 0.294. The first-order valence-corrected chi connectivity index (χ1v) is 7.90. The summed E-state index contributed by atoms with van der Waals surface area (Å²) in [6.45, 7) is 5.15. The van der Waals surface area contributed by atoms with Crippen molar-refractivity contribution in [3.63, 3.8) is 0 Å². The molecule has 2 aromatic carbocycles. The smallest absolute Gasteiger partial charge is 0.119 e. The Balaban J connectivity index is 0.00000264. The van der Waals surface area contributed by atoms with E-state index in [9.17, 15) is 0 Å². The van der Waals surface area contributed by atoms with Crippen LogP contribution in [0, 0.1) is 6.92 Å². The van der Waals surface area contributed by atoms with Gasteiger partial charge in [-0.3, -0.25) is 0 Å². The van der Waals surface area contributed by atoms with Crippen LogP contribution in [0.25, 0.3) is 0 Å². The average molecular weight is 356 g/mol. The van der Waals surface area contributed by atoms with Crippen molar-refractivity contribution in [2.75, 3.05) is 26.3 Å². The van der Waals surface area contributed by atoms with Gasteiger partial charge in [0, 0.05) is 11.6 Å². The van der Waals surface area contributed by atoms with Gasteiger partial charge in [-0.15, -0.1) is 12.4 Å². The first kappa shape index (κ1) is 19.6. The highest BCUT2D eigenvalue weighted by molar-refractivity contribution is 6.30. The summed E-state index contributed by atoms with van der Waals surface area (Å²) < 4.78 is 11.3. The molecule has 0 radical (unpaired) electrons. The van der Waals surface area contributed by atoms with Gasteiger partial charge in [0.2, 0.25) is 0 Å². The second-order valence-electron chi connectivity index (χ2n) is 5.07. The van der Waals surface area contributed by atoms with E-state index in [2.05, 4.69) is 24.4 Å². The molecule has 0 fully saturated rings. The molecule has 3 nitrogen and oxygen atoms in total. The Morgan fingerprint density at radius 3 is 2.04 bits per heavy atom. The van der Waals surface area contributed by atoms with E-state index in [0.29, 0.717) is 13.2 Å². The van der Waals surface area contributed by atoms with Crippen molar-refractivity contribution in [3.05, 3.63) is 59.1 Å². The maximum Gasteiger partial charge on any atom is 0.119 e. The maximum absolute atomic E-state index is 5.82. The van der Waals surface area contributed by atoms with Crippen LogP contribution < -0.4 is 14.8 Å². The minimum absolute atomic E-state index is 0. The Morgan fingerprint density at radius 2 is 1.39 bits per heavy atom. The summed E-state index contributed by atoms with van der Waals surface area (Å²) in [4.78, 5) is 0. The molecule has 0 bridgehead atoms. The summed E-state index contributed by atoms with van der Waals surface area (Å²) in [5.74, 6) is 1.77. The van der Waals surface area contributed by atoms with Crippen molar-refractivity contribution in [2.24, 2.45) is 0 Å². The van der Waals surface area contributed by atoms with Crippen molar-refractivity contribution in [1.29, 1.82) is 0 Å². The molecule has 0 spiro atoms. The van der Waals surface area contributed by atoms with Crippen LogP contribution in [-0.2, 0) is 0 Å². The molecule has 0 amide bonds. The monoisotopic (exact) mass is 355 g/mol. The number of hydrogen-bond donors (Lipinski definition) is 1. The number of hydrogen-bond acceptors (Lipinski definition) is 3. The second kappa shape index (κ2) is 11.2. The summed E-state index contributed by atoms with van der Waals surface area (Å²) in [5.41, 5.74) is 1.25. The van der Waals surface area contributed by atoms with Gasteiger partial charge >= 0.3 is 0 Å². The molecule has 0 atom stereocenters. The highest BCUT2D eigenvalue weighted by atomic mass is 35.5. The van der Waals surface area contributed by atoms with Crippen molar-refractivity contribution in [2.45, 2.75) is 13.3 Å². The predicted octanol–water partition coefficient (Wildman–Crippen LogP) is 4.51. The van der Waals surface area contributed by atoms with Gasteiger partial charge < -0.3 is 14.8 Å². The van der Waals surface area contributed by atoms with Crippen LogP contribution in [0.3, 0.4) is 0 Å². The molecule has 0 saturated heterocycles. The molecule has 0 aliphatic rings. The van der Waals surface area contributed by atoms with E-state index in [4.69, 9.17) is 21.1 Å². The van der Waals surface area contributed by atoms with Crippen molar-refractivity contribution < 1.29 is 9.47 Å². The first-order chi connectivity index (χ1) is 10.7. The van der Waals surface area contributed by atoms with Crippen LogP contribution in [0.4, 0.5) is 0 Å². The number of aryl methyl sites for hydroxylation is 1. The van der Waals surface area contributed by atoms with Gasteiger partial charge in [0.25, 0.3) is 0 Å². The Labute approximate surface area is 149 Å². The van der Waals surface area contributed by atoms with E-state index in [-0.39, 0.29) is 12.4 Å². The molecule has 0 aliphatic carbocycles. The number of benzene rings is 2. The van der Waals surface area contributed by atoms with Crippen molar-refractivity contribution in [1.82, 2.24) is 5.32 Å². The van der Waals surface area contributed by atoms with Crippen LogP contribution in [0.1, 0.15) is 12.0 Å². The SMILES string of the molecule is Cc1ccc(OCCCNCCOc2ccc(Cl)cc2)cc1.Cl. The third-order valence-corrected chi connectivity index (χ3v) is 3.40. The highest BCUT2D eigenvalue weighted by Gasteiger charge is 1.95. The molecule has 0 aromatic heterocycles. The van der Waals surface area contributed by atoms with Gasteiger partial charge in [-0.25, -0.2) is 0 Å². The third-order valence-electron chi connectivity index (χ3n) is 3.15. The normalized spacial score (nSPS) is 10.0. The van der Waals surface area contributed by atoms with Crippen LogP contribution in [-0.4, -0.2) is 26.3 Å². The Bertz CT molecular complexity index is 492. The molecule has 1 N–H and O–H groups in total. The summed E-state index contributed by atoms with van der Waals surface area (Å²) >= 11 is 5.82. The third kappa shape index (κ3) is 8.12. The number of ether oxygens (including phenoxy) is 2. The molecule has 126 valence electrons. The van der Waals surface area contributed by atoms with Gasteiger partial charge in [0.15, 0.2) is 0 Å². The maximum atomic E-state index is 5.82. The fraction of sp³-hybridized carbons (Fsp3) is 0.333. The zero-order valence-corrected chi connectivity index (χ0v) is 14.8. The molecule has 2 rings (SSSR count). The fourth-order valence-corrected chi connectivity index (χ4v) is 2.04. The molecule has 5 heteroatoms. The van der Waals surface area contributed by atoms with Gasteiger partial charge in [0.05, 0.1) is 6.61 Å². The van der Waals surface area contributed by atoms with Crippen LogP contribution in [0.5, 0.6) is 11.5 Å². The van der Waals surface area contributed by atoms with E-state index in [1.807, 2.05) is 36.4 Å². The Hall–Kier alpha value is -1.42. The first-order valence-electron chi connectivity index (χ1n) is 7.52. The van der Waals surface area contributed by atoms with E-state index in [0.717, 1.165) is 36.0 Å². The number of halogens is 2. The predicted molar refractivity (Wildman–Crippen MR) is 98.4 cm³/mol. The molecule has 0 heterocycles. The summed E-state index contributed by atoms with van der Waals surface area (Å²) in [6, 6.07) is 15.5. The van der Waals surface area contributed by atoms with Gasteiger partial charge in [-0.2, -0.15) is 0 Å². The lowest BCUT2D eigenvalue weighted by atomic mass is 10.2. The zero-order chi connectivity index (χ0) is 15.6. The lowest BCUT2D eigenvalue weighted by Gasteiger charge is -2.09. The molecule has 0 aliphatic heterocycles. The van der Waals surface area contributed by atoms with E-state index in [1.54, 1.807) is 0 Å². The molecule has 2 aromatic rings. The number of rotatable bonds is 9. The second-order valence-corrected chi connectivity index (χ2v) is 5.50. The summed E-state index contributed by atoms with van der Waals surface area (Å²) in [6.07, 6.45) is 0.967. The van der Waals surface area contributed by atoms with E-state index < -0.39 is 0 Å². The van der Waals surface area contributed by atoms with Crippen LogP contribution in [0.15, 0.2) is 48.5 Å². The summed E-state index contributed by atoms with van der Waals surface area (Å²) in [5, 5.41) is 4.05. The molecule has 0 saturated carbocycles. The van der Waals surface area contributed by atoms with Gasteiger partial charge in [-0.05, 0) is 56.3 Å². The topological polar surface area (TPSA) is 30.5 Å². The number of nitrogens with one attached hydrogen (secondary N) is 1. The molecular formula is C18H23Cl2NO2. The lowest BCUT2D eigenvalue weighted by Crippen LogP contribution is -2.23. The van der Waals surface area contributed by atoms with E-state index >= 15 is 0 Å². The molecular weight excluding hydrogens is 333 g/mol. The Morgan fingerprint density at radius 1 is 0.826 bits per heavy atom. The molecule has 23 heavy (non-hydrogen) atoms. The van der Waals surface area contributed by atoms with Crippen LogP contribution >= 0.6 is 24.0 Å². The largest absolute Gasteiger partial charge is 0.494 e. The quantitative estimate of drug-likeness (QED) is 0.671. The van der Waals surface area contributed by atoms with E-state index in [1.165, 1.54) is 5.56 Å². The Kier molecular flexibility index (Phi) is 9.53. The minimum Gasteiger partial charge on any atom is -0.494 e. The fourth-order valence-electron chi connectivity index (χ4n) is 1.92. The molecule has 0 unspecified atom stereocenters. The average Bonchev–Trinajstić information content (AvgIpc) is 2.53. The van der Waals surface area contributed by atoms with Crippen molar-refractivity contribution >= 4 is 24.0 Å². The highest BCUT2D eigenvalue weighted by Crippen LogP contribution is 2.15. The van der Waals surface area contributed by atoms with Gasteiger partial charge in [-0.1, -0.05) is 29.3 Å². The van der Waals surface area contributed by atoms with Gasteiger partial charge in [0.1, 0.15) is 18.1 Å². The summed E-state index contributed by atoms with van der Waals surface area (Å²) in [7, 11) is 0. The zero-order valence-electron chi connectivity index (χ0n) is 13.3. The minimum atomic E-state index is 0. The van der Waals surface area contributed by atoms with Crippen molar-refractivity contribution in [3.8, 4) is 11.5 Å².